The number of carbonyl (C=O) groups is 1. The maximum atomic E-state index is 12.5. The van der Waals surface area contributed by atoms with E-state index in [0.717, 1.165) is 19.3 Å². The van der Waals surface area contributed by atoms with Gasteiger partial charge in [0.2, 0.25) is 5.91 Å². The second-order valence-electron chi connectivity index (χ2n) is 6.40. The summed E-state index contributed by atoms with van der Waals surface area (Å²) < 4.78 is 0. The molecule has 20 heavy (non-hydrogen) atoms. The summed E-state index contributed by atoms with van der Waals surface area (Å²) in [6.07, 6.45) is 3.01. The average molecular weight is 274 g/mol. The van der Waals surface area contributed by atoms with Crippen LogP contribution < -0.4 is 5.73 Å². The van der Waals surface area contributed by atoms with Crippen molar-refractivity contribution in [3.05, 3.63) is 35.4 Å². The van der Waals surface area contributed by atoms with E-state index in [-0.39, 0.29) is 11.3 Å². The van der Waals surface area contributed by atoms with Gasteiger partial charge < -0.3 is 10.6 Å². The minimum Gasteiger partial charge on any atom is -0.341 e. The van der Waals surface area contributed by atoms with E-state index >= 15 is 0 Å². The Labute approximate surface area is 122 Å². The third-order valence-corrected chi connectivity index (χ3v) is 4.57. The lowest BCUT2D eigenvalue weighted by Gasteiger charge is -2.41. The quantitative estimate of drug-likeness (QED) is 0.897. The molecule has 1 aromatic rings. The maximum absolute atomic E-state index is 12.5. The van der Waals surface area contributed by atoms with Gasteiger partial charge in [0, 0.05) is 20.1 Å². The third kappa shape index (κ3) is 2.88. The van der Waals surface area contributed by atoms with E-state index in [0.29, 0.717) is 19.0 Å². The van der Waals surface area contributed by atoms with E-state index in [1.165, 1.54) is 11.1 Å². The summed E-state index contributed by atoms with van der Waals surface area (Å²) >= 11 is 0. The van der Waals surface area contributed by atoms with Gasteiger partial charge in [-0.3, -0.25) is 4.79 Å². The molecule has 1 aliphatic carbocycles. The van der Waals surface area contributed by atoms with Gasteiger partial charge in [0.15, 0.2) is 0 Å². The third-order valence-electron chi connectivity index (χ3n) is 4.57. The smallest absolute Gasteiger partial charge is 0.230 e. The number of hydrogen-bond acceptors (Lipinski definition) is 2. The van der Waals surface area contributed by atoms with Gasteiger partial charge in [-0.25, -0.2) is 0 Å². The molecule has 0 aliphatic heterocycles. The normalized spacial score (nSPS) is 16.9. The molecule has 2 rings (SSSR count). The van der Waals surface area contributed by atoms with Crippen molar-refractivity contribution in [1.82, 2.24) is 4.90 Å². The van der Waals surface area contributed by atoms with Crippen LogP contribution in [0.5, 0.6) is 0 Å². The lowest BCUT2D eigenvalue weighted by Crippen LogP contribution is -2.50. The van der Waals surface area contributed by atoms with Crippen LogP contribution in [0.4, 0.5) is 0 Å². The molecule has 0 saturated heterocycles. The summed E-state index contributed by atoms with van der Waals surface area (Å²) in [6.45, 7) is 5.51. The van der Waals surface area contributed by atoms with Crippen molar-refractivity contribution >= 4 is 5.91 Å². The highest BCUT2D eigenvalue weighted by Gasteiger charge is 2.44. The molecule has 1 aliphatic rings. The molecule has 0 spiro atoms. The van der Waals surface area contributed by atoms with Crippen molar-refractivity contribution in [2.24, 2.45) is 11.1 Å². The minimum absolute atomic E-state index is 0.208. The lowest BCUT2D eigenvalue weighted by molar-refractivity contribution is -0.145. The van der Waals surface area contributed by atoms with Crippen LogP contribution >= 0.6 is 0 Å². The number of nitrogens with zero attached hydrogens (tertiary/aromatic N) is 1. The topological polar surface area (TPSA) is 46.3 Å². The van der Waals surface area contributed by atoms with Crippen LogP contribution in [0.25, 0.3) is 0 Å². The first-order chi connectivity index (χ1) is 9.48. The van der Waals surface area contributed by atoms with Crippen molar-refractivity contribution < 1.29 is 4.79 Å². The van der Waals surface area contributed by atoms with Gasteiger partial charge in [0.05, 0.1) is 5.41 Å². The van der Waals surface area contributed by atoms with Crippen LogP contribution in [0, 0.1) is 5.41 Å². The fourth-order valence-corrected chi connectivity index (χ4v) is 2.87. The van der Waals surface area contributed by atoms with Gasteiger partial charge in [-0.15, -0.1) is 0 Å². The molecule has 1 saturated carbocycles. The molecule has 0 bridgehead atoms. The lowest BCUT2D eigenvalue weighted by atomic mass is 9.68. The molecule has 1 fully saturated rings. The largest absolute Gasteiger partial charge is 0.341 e. The Morgan fingerprint density at radius 3 is 2.30 bits per heavy atom. The molecule has 0 radical (unpaired) electrons. The van der Waals surface area contributed by atoms with Gasteiger partial charge in [0.25, 0.3) is 0 Å². The first-order valence-electron chi connectivity index (χ1n) is 7.53. The van der Waals surface area contributed by atoms with Crippen molar-refractivity contribution in [3.8, 4) is 0 Å². The molecule has 0 aromatic heterocycles. The molecular formula is C17H26N2O. The van der Waals surface area contributed by atoms with E-state index < -0.39 is 0 Å². The van der Waals surface area contributed by atoms with E-state index in [1.807, 2.05) is 11.9 Å². The number of benzene rings is 1. The molecule has 110 valence electrons. The molecule has 1 amide bonds. The van der Waals surface area contributed by atoms with Crippen LogP contribution in [0.2, 0.25) is 0 Å². The molecule has 0 atom stereocenters. The summed E-state index contributed by atoms with van der Waals surface area (Å²) in [5.41, 5.74) is 8.05. The molecule has 0 heterocycles. The highest BCUT2D eigenvalue weighted by Crippen LogP contribution is 2.41. The molecule has 0 unspecified atom stereocenters. The fraction of sp³-hybridized carbons (Fsp3) is 0.588. The van der Waals surface area contributed by atoms with E-state index in [4.69, 9.17) is 5.73 Å². The first kappa shape index (κ1) is 15.0. The van der Waals surface area contributed by atoms with Crippen LogP contribution in [-0.2, 0) is 11.3 Å². The fourth-order valence-electron chi connectivity index (χ4n) is 2.87. The van der Waals surface area contributed by atoms with Crippen molar-refractivity contribution in [1.29, 1.82) is 0 Å². The van der Waals surface area contributed by atoms with E-state index in [1.54, 1.807) is 0 Å². The molecule has 1 aromatic carbocycles. The highest BCUT2D eigenvalue weighted by atomic mass is 16.2. The summed E-state index contributed by atoms with van der Waals surface area (Å²) in [5.74, 6) is 0.748. The highest BCUT2D eigenvalue weighted by molar-refractivity contribution is 5.83. The summed E-state index contributed by atoms with van der Waals surface area (Å²) in [4.78, 5) is 14.3. The van der Waals surface area contributed by atoms with Crippen LogP contribution in [0.3, 0.4) is 0 Å². The van der Waals surface area contributed by atoms with Crippen LogP contribution in [0.15, 0.2) is 24.3 Å². The summed E-state index contributed by atoms with van der Waals surface area (Å²) in [6, 6.07) is 8.55. The van der Waals surface area contributed by atoms with Gasteiger partial charge in [-0.05, 0) is 29.9 Å². The predicted octanol–water partition coefficient (Wildman–Crippen LogP) is 2.90. The number of carbonyl (C=O) groups excluding carboxylic acids is 1. The van der Waals surface area contributed by atoms with Crippen molar-refractivity contribution in [2.45, 2.75) is 45.6 Å². The van der Waals surface area contributed by atoms with Crippen molar-refractivity contribution in [2.75, 3.05) is 13.6 Å². The number of nitrogens with two attached hydrogens (primary N) is 1. The Kier molecular flexibility index (Phi) is 4.48. The first-order valence-corrected chi connectivity index (χ1v) is 7.53. The van der Waals surface area contributed by atoms with Crippen LogP contribution in [-0.4, -0.2) is 24.4 Å². The second kappa shape index (κ2) is 5.96. The minimum atomic E-state index is -0.271. The Morgan fingerprint density at radius 2 is 1.90 bits per heavy atom. The van der Waals surface area contributed by atoms with Crippen molar-refractivity contribution in [3.63, 3.8) is 0 Å². The zero-order valence-corrected chi connectivity index (χ0v) is 12.9. The maximum Gasteiger partial charge on any atom is 0.230 e. The molecular weight excluding hydrogens is 248 g/mol. The standard InChI is InChI=1S/C17H26N2O/c1-13(2)15-7-5-14(6-8-15)11-19(3)16(20)17(12-18)9-4-10-17/h5-8,13H,4,9-12,18H2,1-3H3. The molecule has 3 heteroatoms. The number of rotatable bonds is 5. The SMILES string of the molecule is CC(C)c1ccc(CN(C)C(=O)C2(CN)CCC2)cc1. The Hall–Kier alpha value is -1.35. The molecule has 3 nitrogen and oxygen atoms in total. The van der Waals surface area contributed by atoms with Gasteiger partial charge in [0.1, 0.15) is 0 Å². The zero-order valence-electron chi connectivity index (χ0n) is 12.9. The van der Waals surface area contributed by atoms with E-state index in [9.17, 15) is 4.79 Å². The Morgan fingerprint density at radius 1 is 1.30 bits per heavy atom. The Bertz CT molecular complexity index is 455. The number of amides is 1. The Balaban J connectivity index is 2.00. The van der Waals surface area contributed by atoms with Gasteiger partial charge in [-0.1, -0.05) is 44.5 Å². The molecule has 2 N–H and O–H groups in total. The number of hydrogen-bond donors (Lipinski definition) is 1. The van der Waals surface area contributed by atoms with E-state index in [2.05, 4.69) is 38.1 Å². The predicted molar refractivity (Wildman–Crippen MR) is 82.3 cm³/mol. The van der Waals surface area contributed by atoms with Gasteiger partial charge in [-0.2, -0.15) is 0 Å². The average Bonchev–Trinajstić information content (AvgIpc) is 2.38. The van der Waals surface area contributed by atoms with Gasteiger partial charge >= 0.3 is 0 Å². The van der Waals surface area contributed by atoms with Crippen LogP contribution in [0.1, 0.15) is 50.2 Å². The monoisotopic (exact) mass is 274 g/mol. The zero-order chi connectivity index (χ0) is 14.8. The second-order valence-corrected chi connectivity index (χ2v) is 6.40. The summed E-state index contributed by atoms with van der Waals surface area (Å²) in [5, 5.41) is 0. The summed E-state index contributed by atoms with van der Waals surface area (Å²) in [7, 11) is 1.88.